The van der Waals surface area contributed by atoms with Crippen LogP contribution in [0.5, 0.6) is 0 Å². The zero-order chi connectivity index (χ0) is 37.1. The Morgan fingerprint density at radius 3 is 1.15 bits per heavy atom. The molecule has 0 N–H and O–H groups in total. The van der Waals surface area contributed by atoms with Gasteiger partial charge in [-0.05, 0) is 154 Å². The fourth-order valence-corrected chi connectivity index (χ4v) is 8.08. The van der Waals surface area contributed by atoms with E-state index >= 15 is 0 Å². The second-order valence-electron chi connectivity index (χ2n) is 14.4. The molecule has 0 spiro atoms. The molecule has 0 bridgehead atoms. The summed E-state index contributed by atoms with van der Waals surface area (Å²) in [6.45, 7) is 6.41. The molecule has 0 heterocycles. The molecule has 9 aromatic rings. The molecular weight excluding hydrogens is 661 g/mol. The minimum atomic E-state index is 1.02. The van der Waals surface area contributed by atoms with Crippen molar-refractivity contribution < 1.29 is 0 Å². The van der Waals surface area contributed by atoms with Crippen LogP contribution in [0.25, 0.3) is 93.5 Å². The lowest BCUT2D eigenvalue weighted by atomic mass is 9.88. The van der Waals surface area contributed by atoms with Gasteiger partial charge in [0.25, 0.3) is 0 Å². The highest BCUT2D eigenvalue weighted by molar-refractivity contribution is 6.26. The third-order valence-electron chi connectivity index (χ3n) is 10.9. The number of fused-ring (bicyclic) bond motifs is 6. The van der Waals surface area contributed by atoms with Gasteiger partial charge in [0.2, 0.25) is 0 Å². The second kappa shape index (κ2) is 14.9. The highest BCUT2D eigenvalue weighted by Crippen LogP contribution is 2.41. The van der Waals surface area contributed by atoms with Gasteiger partial charge in [-0.15, -0.1) is 0 Å². The van der Waals surface area contributed by atoms with Gasteiger partial charge in [-0.3, -0.25) is 0 Å². The summed E-state index contributed by atoms with van der Waals surface area (Å²) in [4.78, 5) is 0. The fraction of sp³-hybridized carbons (Fsp3) is 0.0545. The Hall–Kier alpha value is -6.76. The van der Waals surface area contributed by atoms with E-state index in [1.54, 1.807) is 0 Å². The van der Waals surface area contributed by atoms with E-state index in [0.717, 1.165) is 12.8 Å². The molecule has 0 aliphatic heterocycles. The minimum absolute atomic E-state index is 1.02. The maximum absolute atomic E-state index is 4.19. The number of allylic oxidation sites excluding steroid dienone is 3. The Morgan fingerprint density at radius 1 is 0.364 bits per heavy atom. The largest absolute Gasteiger partial charge is 0.0985 e. The summed E-state index contributed by atoms with van der Waals surface area (Å²) >= 11 is 0. The maximum atomic E-state index is 4.19. The number of benzene rings is 9. The standard InChI is InChI=1S/C55H42/c1-3-5-17-38(4-2)44-30-45(39-18-9-6-10-19-39)33-48(31-44)42-26-28-52-53-29-27-43(37-55(53)51-25-16-15-24-50(51)54(52)36-42)49-34-46(40-20-11-7-12-21-40)32-47(35-49)41-22-13-8-14-23-41/h4,6-37H,2-3,5H2,1H3/b38-17+. The van der Waals surface area contributed by atoms with Gasteiger partial charge in [0.1, 0.15) is 0 Å². The summed E-state index contributed by atoms with van der Waals surface area (Å²) < 4.78 is 0. The third kappa shape index (κ3) is 6.69. The van der Waals surface area contributed by atoms with Crippen molar-refractivity contribution in [2.24, 2.45) is 0 Å². The topological polar surface area (TPSA) is 0 Å². The van der Waals surface area contributed by atoms with Crippen LogP contribution < -0.4 is 0 Å². The monoisotopic (exact) mass is 702 g/mol. The molecule has 0 atom stereocenters. The van der Waals surface area contributed by atoms with Gasteiger partial charge in [0, 0.05) is 0 Å². The average Bonchev–Trinajstić information content (AvgIpc) is 3.27. The third-order valence-corrected chi connectivity index (χ3v) is 10.9. The quantitative estimate of drug-likeness (QED) is 0.104. The van der Waals surface area contributed by atoms with Crippen molar-refractivity contribution in [3.63, 3.8) is 0 Å². The lowest BCUT2D eigenvalue weighted by Gasteiger charge is -2.16. The lowest BCUT2D eigenvalue weighted by Crippen LogP contribution is -1.90. The van der Waals surface area contributed by atoms with Crippen LogP contribution >= 0.6 is 0 Å². The molecule has 0 aromatic heterocycles. The van der Waals surface area contributed by atoms with Gasteiger partial charge in [0.05, 0.1) is 0 Å². The lowest BCUT2D eigenvalue weighted by molar-refractivity contribution is 0.960. The highest BCUT2D eigenvalue weighted by Gasteiger charge is 2.14. The molecule has 0 heteroatoms. The van der Waals surface area contributed by atoms with E-state index in [1.165, 1.54) is 99.1 Å². The number of hydrogen-bond acceptors (Lipinski definition) is 0. The van der Waals surface area contributed by atoms with Crippen molar-refractivity contribution in [1.82, 2.24) is 0 Å². The van der Waals surface area contributed by atoms with Crippen molar-refractivity contribution in [3.05, 3.63) is 212 Å². The molecule has 0 amide bonds. The number of unbranched alkanes of at least 4 members (excludes halogenated alkanes) is 1. The van der Waals surface area contributed by atoms with Crippen LogP contribution in [-0.4, -0.2) is 0 Å². The van der Waals surface area contributed by atoms with Gasteiger partial charge >= 0.3 is 0 Å². The van der Waals surface area contributed by atoms with E-state index < -0.39 is 0 Å². The highest BCUT2D eigenvalue weighted by atomic mass is 14.2. The summed E-state index contributed by atoms with van der Waals surface area (Å²) in [6.07, 6.45) is 6.44. The van der Waals surface area contributed by atoms with Crippen molar-refractivity contribution in [2.75, 3.05) is 0 Å². The van der Waals surface area contributed by atoms with Crippen LogP contribution in [0, 0.1) is 0 Å². The Morgan fingerprint density at radius 2 is 0.727 bits per heavy atom. The smallest absolute Gasteiger partial charge is 0.00928 e. The molecule has 9 rings (SSSR count). The van der Waals surface area contributed by atoms with Crippen LogP contribution in [-0.2, 0) is 0 Å². The summed E-state index contributed by atoms with van der Waals surface area (Å²) in [6, 6.07) is 69.1. The number of rotatable bonds is 9. The summed E-state index contributed by atoms with van der Waals surface area (Å²) in [7, 11) is 0. The molecule has 0 fully saturated rings. The summed E-state index contributed by atoms with van der Waals surface area (Å²) in [5.41, 5.74) is 14.5. The SMILES string of the molecule is C=C/C(=C\CCC)c1cc(-c2ccccc2)cc(-c2ccc3c4ccc(-c5cc(-c6ccccc6)cc(-c6ccccc6)c5)cc4c4ccccc4c3c2)c1. The van der Waals surface area contributed by atoms with Crippen molar-refractivity contribution in [3.8, 4) is 55.6 Å². The van der Waals surface area contributed by atoms with Crippen molar-refractivity contribution >= 4 is 37.9 Å². The van der Waals surface area contributed by atoms with Crippen LogP contribution in [0.3, 0.4) is 0 Å². The van der Waals surface area contributed by atoms with Crippen LogP contribution in [0.1, 0.15) is 25.3 Å². The molecule has 55 heavy (non-hydrogen) atoms. The van der Waals surface area contributed by atoms with E-state index in [0.29, 0.717) is 0 Å². The van der Waals surface area contributed by atoms with E-state index in [2.05, 4.69) is 208 Å². The normalized spacial score (nSPS) is 11.7. The molecule has 0 saturated carbocycles. The molecule has 0 nitrogen and oxygen atoms in total. The Bertz CT molecular complexity index is 2780. The molecular formula is C55H42. The molecule has 0 aliphatic carbocycles. The van der Waals surface area contributed by atoms with Crippen molar-refractivity contribution in [2.45, 2.75) is 19.8 Å². The van der Waals surface area contributed by atoms with E-state index in [-0.39, 0.29) is 0 Å². The first kappa shape index (κ1) is 34.0. The van der Waals surface area contributed by atoms with Crippen LogP contribution in [0.4, 0.5) is 0 Å². The van der Waals surface area contributed by atoms with Crippen LogP contribution in [0.15, 0.2) is 207 Å². The van der Waals surface area contributed by atoms with E-state index in [4.69, 9.17) is 0 Å². The van der Waals surface area contributed by atoms with Crippen molar-refractivity contribution in [1.29, 1.82) is 0 Å². The molecule has 0 aliphatic rings. The van der Waals surface area contributed by atoms with Gasteiger partial charge in [-0.1, -0.05) is 172 Å². The average molecular weight is 703 g/mol. The van der Waals surface area contributed by atoms with E-state index in [1.807, 2.05) is 6.08 Å². The summed E-state index contributed by atoms with van der Waals surface area (Å²) in [5.74, 6) is 0. The first-order chi connectivity index (χ1) is 27.2. The van der Waals surface area contributed by atoms with E-state index in [9.17, 15) is 0 Å². The first-order valence-corrected chi connectivity index (χ1v) is 19.4. The molecule has 0 radical (unpaired) electrons. The second-order valence-corrected chi connectivity index (χ2v) is 14.4. The maximum Gasteiger partial charge on any atom is -0.00928 e. The summed E-state index contributed by atoms with van der Waals surface area (Å²) in [5, 5.41) is 7.60. The first-order valence-electron chi connectivity index (χ1n) is 19.4. The Kier molecular flexibility index (Phi) is 9.24. The fourth-order valence-electron chi connectivity index (χ4n) is 8.08. The zero-order valence-electron chi connectivity index (χ0n) is 31.2. The minimum Gasteiger partial charge on any atom is -0.0985 e. The van der Waals surface area contributed by atoms with Gasteiger partial charge in [0.15, 0.2) is 0 Å². The Labute approximate surface area is 324 Å². The van der Waals surface area contributed by atoms with Gasteiger partial charge < -0.3 is 0 Å². The molecule has 0 unspecified atom stereocenters. The number of hydrogen-bond donors (Lipinski definition) is 0. The molecule has 0 saturated heterocycles. The zero-order valence-corrected chi connectivity index (χ0v) is 31.2. The van der Waals surface area contributed by atoms with Crippen LogP contribution in [0.2, 0.25) is 0 Å². The predicted octanol–water partition coefficient (Wildman–Crippen LogP) is 15.9. The molecule has 262 valence electrons. The molecule has 9 aromatic carbocycles. The van der Waals surface area contributed by atoms with Gasteiger partial charge in [-0.2, -0.15) is 0 Å². The van der Waals surface area contributed by atoms with Gasteiger partial charge in [-0.25, -0.2) is 0 Å². The Balaban J connectivity index is 1.22. The predicted molar refractivity (Wildman–Crippen MR) is 239 cm³/mol.